The van der Waals surface area contributed by atoms with Crippen molar-refractivity contribution in [3.05, 3.63) is 42.2 Å². The number of carbonyl (C=O) groups is 2. The van der Waals surface area contributed by atoms with E-state index >= 15 is 0 Å². The van der Waals surface area contributed by atoms with Crippen molar-refractivity contribution in [1.82, 2.24) is 20.0 Å². The fourth-order valence-corrected chi connectivity index (χ4v) is 3.03. The van der Waals surface area contributed by atoms with Gasteiger partial charge < -0.3 is 20.7 Å². The summed E-state index contributed by atoms with van der Waals surface area (Å²) >= 11 is 0. The zero-order valence-electron chi connectivity index (χ0n) is 14.7. The molecule has 26 heavy (non-hydrogen) atoms. The fraction of sp³-hybridized carbons (Fsp3) is 0.389. The van der Waals surface area contributed by atoms with Gasteiger partial charge in [-0.2, -0.15) is 5.10 Å². The van der Waals surface area contributed by atoms with Gasteiger partial charge in [0.05, 0.1) is 24.9 Å². The van der Waals surface area contributed by atoms with Gasteiger partial charge >= 0.3 is 6.03 Å². The first-order chi connectivity index (χ1) is 12.6. The second-order valence-corrected chi connectivity index (χ2v) is 6.34. The summed E-state index contributed by atoms with van der Waals surface area (Å²) in [6.45, 7) is 1.38. The van der Waals surface area contributed by atoms with E-state index in [9.17, 15) is 9.59 Å². The van der Waals surface area contributed by atoms with Crippen LogP contribution in [0.3, 0.4) is 0 Å². The number of primary amides is 1. The number of likely N-dealkylation sites (tertiary alicyclic amines) is 1. The Labute approximate surface area is 151 Å². The number of nitrogens with two attached hydrogens (primary N) is 1. The average Bonchev–Trinajstić information content (AvgIpc) is 3.15. The Morgan fingerprint density at radius 3 is 3.04 bits per heavy atom. The van der Waals surface area contributed by atoms with Crippen molar-refractivity contribution >= 4 is 11.9 Å². The van der Waals surface area contributed by atoms with E-state index in [0.717, 1.165) is 29.8 Å². The molecule has 3 amide bonds. The topological polar surface area (TPSA) is 102 Å². The highest BCUT2D eigenvalue weighted by Crippen LogP contribution is 2.17. The number of nitrogens with one attached hydrogen (secondary N) is 1. The van der Waals surface area contributed by atoms with Crippen molar-refractivity contribution in [1.29, 1.82) is 0 Å². The predicted molar refractivity (Wildman–Crippen MR) is 95.8 cm³/mol. The summed E-state index contributed by atoms with van der Waals surface area (Å²) in [5.74, 6) is 0.148. The van der Waals surface area contributed by atoms with Gasteiger partial charge in [-0.15, -0.1) is 0 Å². The molecule has 2 aromatic rings. The van der Waals surface area contributed by atoms with Crippen molar-refractivity contribution < 1.29 is 14.3 Å². The average molecular weight is 357 g/mol. The number of hydrogen-bond acceptors (Lipinski definition) is 4. The molecule has 0 aliphatic carbocycles. The molecule has 2 heterocycles. The van der Waals surface area contributed by atoms with Crippen LogP contribution in [0, 0.1) is 5.92 Å². The number of nitrogens with zero attached hydrogens (tertiary/aromatic N) is 3. The number of carbonyl (C=O) groups excluding carboxylic acids is 2. The van der Waals surface area contributed by atoms with E-state index in [1.807, 2.05) is 30.5 Å². The van der Waals surface area contributed by atoms with Gasteiger partial charge in [-0.05, 0) is 25.0 Å². The molecule has 1 fully saturated rings. The minimum Gasteiger partial charge on any atom is -0.497 e. The summed E-state index contributed by atoms with van der Waals surface area (Å²) in [6, 6.07) is 7.38. The monoisotopic (exact) mass is 357 g/mol. The predicted octanol–water partition coefficient (Wildman–Crippen LogP) is 1.29. The zero-order valence-corrected chi connectivity index (χ0v) is 14.7. The van der Waals surface area contributed by atoms with Gasteiger partial charge in [0.2, 0.25) is 5.91 Å². The Morgan fingerprint density at radius 2 is 2.27 bits per heavy atom. The Kier molecular flexibility index (Phi) is 5.40. The molecule has 1 aliphatic rings. The number of ether oxygens (including phenoxy) is 1. The number of benzene rings is 1. The number of amides is 3. The van der Waals surface area contributed by atoms with E-state index in [2.05, 4.69) is 10.4 Å². The molecule has 0 saturated carbocycles. The molecule has 1 saturated heterocycles. The van der Waals surface area contributed by atoms with Crippen molar-refractivity contribution in [3.8, 4) is 11.4 Å². The van der Waals surface area contributed by atoms with Crippen LogP contribution in [-0.2, 0) is 11.3 Å². The summed E-state index contributed by atoms with van der Waals surface area (Å²) < 4.78 is 6.95. The zero-order chi connectivity index (χ0) is 18.5. The van der Waals surface area contributed by atoms with Crippen LogP contribution in [0.1, 0.15) is 18.4 Å². The molecule has 0 bridgehead atoms. The summed E-state index contributed by atoms with van der Waals surface area (Å²) in [7, 11) is 1.62. The number of methoxy groups -OCH3 is 1. The van der Waals surface area contributed by atoms with Crippen molar-refractivity contribution in [2.24, 2.45) is 11.7 Å². The third-order valence-corrected chi connectivity index (χ3v) is 4.51. The van der Waals surface area contributed by atoms with Gasteiger partial charge in [0.1, 0.15) is 5.75 Å². The standard InChI is InChI=1S/C18H23N5O3/c1-26-16-6-2-5-15(8-16)23-11-13(10-21-23)9-20-18(25)22-7-3-4-14(12-22)17(19)24/h2,5-6,8,10-11,14H,3-4,7,9,12H2,1H3,(H2,19,24)(H,20,25)/t14-/m0/s1. The lowest BCUT2D eigenvalue weighted by atomic mass is 9.98. The fourth-order valence-electron chi connectivity index (χ4n) is 3.03. The first-order valence-electron chi connectivity index (χ1n) is 8.57. The Balaban J connectivity index is 1.57. The van der Waals surface area contributed by atoms with Crippen LogP contribution in [0.2, 0.25) is 0 Å². The molecule has 138 valence electrons. The Hall–Kier alpha value is -3.03. The third-order valence-electron chi connectivity index (χ3n) is 4.51. The first kappa shape index (κ1) is 17.8. The van der Waals surface area contributed by atoms with Gasteiger partial charge in [-0.1, -0.05) is 6.07 Å². The highest BCUT2D eigenvalue weighted by atomic mass is 16.5. The second kappa shape index (κ2) is 7.90. The van der Waals surface area contributed by atoms with Gasteiger partial charge in [0.25, 0.3) is 0 Å². The maximum absolute atomic E-state index is 12.3. The summed E-state index contributed by atoms with van der Waals surface area (Å²) in [4.78, 5) is 25.3. The number of urea groups is 1. The van der Waals surface area contributed by atoms with Crippen LogP contribution in [0.25, 0.3) is 5.69 Å². The summed E-state index contributed by atoms with van der Waals surface area (Å²) in [5.41, 5.74) is 7.11. The molecule has 8 heteroatoms. The van der Waals surface area contributed by atoms with Gasteiger partial charge in [-0.3, -0.25) is 4.79 Å². The molecule has 1 atom stereocenters. The van der Waals surface area contributed by atoms with Crippen LogP contribution in [0.15, 0.2) is 36.7 Å². The van der Waals surface area contributed by atoms with Gasteiger partial charge in [0, 0.05) is 37.5 Å². The highest BCUT2D eigenvalue weighted by Gasteiger charge is 2.26. The van der Waals surface area contributed by atoms with Crippen molar-refractivity contribution in [2.45, 2.75) is 19.4 Å². The van der Waals surface area contributed by atoms with Gasteiger partial charge in [0.15, 0.2) is 0 Å². The lowest BCUT2D eigenvalue weighted by Gasteiger charge is -2.31. The Morgan fingerprint density at radius 1 is 1.42 bits per heavy atom. The number of rotatable bonds is 5. The molecule has 1 aromatic carbocycles. The minimum absolute atomic E-state index is 0.190. The number of aromatic nitrogens is 2. The second-order valence-electron chi connectivity index (χ2n) is 6.34. The van der Waals surface area contributed by atoms with Crippen LogP contribution < -0.4 is 15.8 Å². The lowest BCUT2D eigenvalue weighted by Crippen LogP contribution is -2.47. The van der Waals surface area contributed by atoms with Crippen LogP contribution in [-0.4, -0.2) is 46.8 Å². The van der Waals surface area contributed by atoms with Crippen molar-refractivity contribution in [2.75, 3.05) is 20.2 Å². The third kappa shape index (κ3) is 4.14. The van der Waals surface area contributed by atoms with Crippen LogP contribution >= 0.6 is 0 Å². The maximum atomic E-state index is 12.3. The smallest absolute Gasteiger partial charge is 0.317 e. The molecule has 1 aliphatic heterocycles. The summed E-state index contributed by atoms with van der Waals surface area (Å²) in [5, 5.41) is 7.19. The molecule has 0 spiro atoms. The Bertz CT molecular complexity index is 789. The molecular formula is C18H23N5O3. The van der Waals surface area contributed by atoms with E-state index in [-0.39, 0.29) is 17.9 Å². The highest BCUT2D eigenvalue weighted by molar-refractivity contribution is 5.79. The molecule has 8 nitrogen and oxygen atoms in total. The normalized spacial score (nSPS) is 17.0. The summed E-state index contributed by atoms with van der Waals surface area (Å²) in [6.07, 6.45) is 5.10. The van der Waals surface area contributed by atoms with Crippen LogP contribution in [0.4, 0.5) is 4.79 Å². The van der Waals surface area contributed by atoms with Crippen molar-refractivity contribution in [3.63, 3.8) is 0 Å². The minimum atomic E-state index is -0.345. The largest absolute Gasteiger partial charge is 0.497 e. The molecule has 3 rings (SSSR count). The van der Waals surface area contributed by atoms with E-state index in [4.69, 9.17) is 10.5 Å². The molecule has 1 aromatic heterocycles. The van der Waals surface area contributed by atoms with E-state index < -0.39 is 0 Å². The quantitative estimate of drug-likeness (QED) is 0.841. The van der Waals surface area contributed by atoms with E-state index in [0.29, 0.717) is 19.6 Å². The van der Waals surface area contributed by atoms with E-state index in [1.54, 1.807) is 22.9 Å². The molecule has 0 unspecified atom stereocenters. The molecule has 0 radical (unpaired) electrons. The number of piperidine rings is 1. The van der Waals surface area contributed by atoms with E-state index in [1.165, 1.54) is 0 Å². The lowest BCUT2D eigenvalue weighted by molar-refractivity contribution is -0.123. The molecule has 3 N–H and O–H groups in total. The maximum Gasteiger partial charge on any atom is 0.317 e. The molecular weight excluding hydrogens is 334 g/mol. The van der Waals surface area contributed by atoms with Crippen LogP contribution in [0.5, 0.6) is 5.75 Å². The number of hydrogen-bond donors (Lipinski definition) is 2. The SMILES string of the molecule is COc1cccc(-n2cc(CNC(=O)N3CCC[C@H](C(N)=O)C3)cn2)c1. The first-order valence-corrected chi connectivity index (χ1v) is 8.57. The van der Waals surface area contributed by atoms with Gasteiger partial charge in [-0.25, -0.2) is 9.48 Å².